The smallest absolute Gasteiger partial charge is 0.335 e. The van der Waals surface area contributed by atoms with Gasteiger partial charge in [0, 0.05) is 23.6 Å². The van der Waals surface area contributed by atoms with Crippen molar-refractivity contribution in [3.05, 3.63) is 29.6 Å². The van der Waals surface area contributed by atoms with E-state index < -0.39 is 17.8 Å². The van der Waals surface area contributed by atoms with E-state index in [-0.39, 0.29) is 11.3 Å². The molecule has 1 aliphatic rings. The molecule has 21 heavy (non-hydrogen) atoms. The van der Waals surface area contributed by atoms with Crippen molar-refractivity contribution >= 4 is 29.4 Å². The fourth-order valence-corrected chi connectivity index (χ4v) is 3.62. The summed E-state index contributed by atoms with van der Waals surface area (Å²) in [5.74, 6) is -1.82. The van der Waals surface area contributed by atoms with Gasteiger partial charge in [0.15, 0.2) is 0 Å². The van der Waals surface area contributed by atoms with Crippen molar-refractivity contribution in [3.8, 4) is 0 Å². The van der Waals surface area contributed by atoms with Crippen molar-refractivity contribution in [2.45, 2.75) is 24.3 Å². The van der Waals surface area contributed by atoms with Crippen LogP contribution in [0.1, 0.15) is 24.2 Å². The van der Waals surface area contributed by atoms with Gasteiger partial charge < -0.3 is 15.3 Å². The van der Waals surface area contributed by atoms with E-state index in [0.29, 0.717) is 23.6 Å². The number of carboxylic acid groups (broad SMARTS) is 1. The van der Waals surface area contributed by atoms with E-state index in [1.165, 1.54) is 0 Å². The van der Waals surface area contributed by atoms with Crippen LogP contribution in [0.5, 0.6) is 0 Å². The van der Waals surface area contributed by atoms with Crippen LogP contribution in [0.25, 0.3) is 0 Å². The largest absolute Gasteiger partial charge is 0.478 e. The first-order valence-corrected chi connectivity index (χ1v) is 7.55. The number of amides is 2. The molecular formula is C14H17FN2O3S. The van der Waals surface area contributed by atoms with Crippen LogP contribution >= 0.6 is 11.8 Å². The lowest BCUT2D eigenvalue weighted by Crippen LogP contribution is -2.46. The second-order valence-electron chi connectivity index (χ2n) is 5.09. The minimum Gasteiger partial charge on any atom is -0.478 e. The summed E-state index contributed by atoms with van der Waals surface area (Å²) < 4.78 is 13.7. The fourth-order valence-electron chi connectivity index (χ4n) is 2.29. The number of hydrogen-bond donors (Lipinski definition) is 2. The van der Waals surface area contributed by atoms with Gasteiger partial charge >= 0.3 is 12.0 Å². The van der Waals surface area contributed by atoms with E-state index in [1.807, 2.05) is 13.8 Å². The molecule has 0 radical (unpaired) electrons. The number of carboxylic acids is 1. The van der Waals surface area contributed by atoms with Crippen molar-refractivity contribution in [3.63, 3.8) is 0 Å². The van der Waals surface area contributed by atoms with E-state index in [9.17, 15) is 14.0 Å². The van der Waals surface area contributed by atoms with E-state index >= 15 is 0 Å². The van der Waals surface area contributed by atoms with Gasteiger partial charge in [-0.05, 0) is 18.2 Å². The molecule has 0 saturated carbocycles. The van der Waals surface area contributed by atoms with Crippen molar-refractivity contribution in [2.75, 3.05) is 18.4 Å². The predicted molar refractivity (Wildman–Crippen MR) is 80.5 cm³/mol. The Morgan fingerprint density at radius 3 is 2.52 bits per heavy atom. The molecule has 2 unspecified atom stereocenters. The summed E-state index contributed by atoms with van der Waals surface area (Å²) in [5.41, 5.74) is -0.180. The van der Waals surface area contributed by atoms with Gasteiger partial charge in [0.1, 0.15) is 5.82 Å². The average molecular weight is 312 g/mol. The lowest BCUT2D eigenvalue weighted by Gasteiger charge is -2.34. The normalized spacial score (nSPS) is 22.0. The molecule has 1 fully saturated rings. The van der Waals surface area contributed by atoms with Crippen molar-refractivity contribution in [1.82, 2.24) is 4.90 Å². The number of nitrogens with one attached hydrogen (secondary N) is 1. The number of carbonyl (C=O) groups is 2. The predicted octanol–water partition coefficient (Wildman–Crippen LogP) is 2.88. The number of thioether (sulfide) groups is 1. The molecule has 1 heterocycles. The maximum absolute atomic E-state index is 13.7. The number of hydrogen-bond acceptors (Lipinski definition) is 3. The first-order chi connectivity index (χ1) is 9.86. The molecule has 2 N–H and O–H groups in total. The molecule has 2 atom stereocenters. The zero-order chi connectivity index (χ0) is 15.6. The summed E-state index contributed by atoms with van der Waals surface area (Å²) in [5, 5.41) is 12.0. The lowest BCUT2D eigenvalue weighted by molar-refractivity contribution is 0.0697. The highest BCUT2D eigenvalue weighted by Gasteiger charge is 2.26. The first-order valence-electron chi connectivity index (χ1n) is 6.61. The Labute approximate surface area is 126 Å². The zero-order valence-corrected chi connectivity index (χ0v) is 12.6. The van der Waals surface area contributed by atoms with Crippen molar-refractivity contribution in [1.29, 1.82) is 0 Å². The minimum atomic E-state index is -1.16. The number of carbonyl (C=O) groups excluding carboxylic acids is 1. The Bertz CT molecular complexity index is 557. The molecule has 0 bridgehead atoms. The van der Waals surface area contributed by atoms with Gasteiger partial charge in [-0.1, -0.05) is 13.8 Å². The summed E-state index contributed by atoms with van der Waals surface area (Å²) in [6.45, 7) is 5.24. The number of urea groups is 1. The van der Waals surface area contributed by atoms with Crippen LogP contribution in [0.4, 0.5) is 14.9 Å². The number of halogens is 1. The Morgan fingerprint density at radius 1 is 1.33 bits per heavy atom. The first kappa shape index (κ1) is 15.6. The molecule has 1 aliphatic heterocycles. The van der Waals surface area contributed by atoms with Crippen molar-refractivity contribution < 1.29 is 19.1 Å². The van der Waals surface area contributed by atoms with Gasteiger partial charge in [-0.2, -0.15) is 11.8 Å². The third-order valence-electron chi connectivity index (χ3n) is 3.16. The fraction of sp³-hybridized carbons (Fsp3) is 0.429. The van der Waals surface area contributed by atoms with E-state index in [1.54, 1.807) is 16.7 Å². The quantitative estimate of drug-likeness (QED) is 0.881. The van der Waals surface area contributed by atoms with Gasteiger partial charge in [-0.3, -0.25) is 0 Å². The van der Waals surface area contributed by atoms with Gasteiger partial charge in [0.25, 0.3) is 0 Å². The standard InChI is InChI=1S/C14H17FN2O3S/c1-8-6-17(7-9(2)21-8)14(20)16-12-5-10(13(18)19)3-4-11(12)15/h3-5,8-9H,6-7H2,1-2H3,(H,16,20)(H,18,19). The highest BCUT2D eigenvalue weighted by atomic mass is 32.2. The maximum atomic E-state index is 13.7. The topological polar surface area (TPSA) is 69.6 Å². The molecule has 1 aromatic carbocycles. The Hall–Kier alpha value is -1.76. The summed E-state index contributed by atoms with van der Waals surface area (Å²) in [4.78, 5) is 24.7. The molecule has 2 rings (SSSR count). The Balaban J connectivity index is 2.12. The zero-order valence-electron chi connectivity index (χ0n) is 11.8. The summed E-state index contributed by atoms with van der Waals surface area (Å²) in [6.07, 6.45) is 0. The van der Waals surface area contributed by atoms with Crippen LogP contribution in [0.2, 0.25) is 0 Å². The average Bonchev–Trinajstić information content (AvgIpc) is 2.39. The van der Waals surface area contributed by atoms with Crippen LogP contribution in [-0.2, 0) is 0 Å². The van der Waals surface area contributed by atoms with Crippen molar-refractivity contribution in [2.24, 2.45) is 0 Å². The highest BCUT2D eigenvalue weighted by molar-refractivity contribution is 8.00. The molecule has 0 aliphatic carbocycles. The Kier molecular flexibility index (Phi) is 4.72. The number of aromatic carboxylic acids is 1. The molecule has 1 aromatic rings. The Morgan fingerprint density at radius 2 is 1.95 bits per heavy atom. The molecule has 0 spiro atoms. The number of benzene rings is 1. The van der Waals surface area contributed by atoms with Crippen LogP contribution < -0.4 is 5.32 Å². The summed E-state index contributed by atoms with van der Waals surface area (Å²) in [6, 6.07) is 2.92. The lowest BCUT2D eigenvalue weighted by atomic mass is 10.2. The maximum Gasteiger partial charge on any atom is 0.335 e. The number of nitrogens with zero attached hydrogens (tertiary/aromatic N) is 1. The van der Waals surface area contributed by atoms with Crippen LogP contribution in [0.3, 0.4) is 0 Å². The summed E-state index contributed by atoms with van der Waals surface area (Å²) >= 11 is 1.80. The third kappa shape index (κ3) is 3.87. The van der Waals surface area contributed by atoms with E-state index in [4.69, 9.17) is 5.11 Å². The molecule has 2 amide bonds. The SMILES string of the molecule is CC1CN(C(=O)Nc2cc(C(=O)O)ccc2F)CC(C)S1. The van der Waals surface area contributed by atoms with Gasteiger partial charge in [0.05, 0.1) is 11.3 Å². The van der Waals surface area contributed by atoms with Crippen LogP contribution in [0.15, 0.2) is 18.2 Å². The second-order valence-corrected chi connectivity index (χ2v) is 6.97. The van der Waals surface area contributed by atoms with Crippen LogP contribution in [0, 0.1) is 5.82 Å². The number of rotatable bonds is 2. The van der Waals surface area contributed by atoms with Gasteiger partial charge in [-0.15, -0.1) is 0 Å². The molecule has 5 nitrogen and oxygen atoms in total. The minimum absolute atomic E-state index is 0.0670. The highest BCUT2D eigenvalue weighted by Crippen LogP contribution is 2.25. The summed E-state index contributed by atoms with van der Waals surface area (Å²) in [7, 11) is 0. The number of anilines is 1. The monoisotopic (exact) mass is 312 g/mol. The van der Waals surface area contributed by atoms with Gasteiger partial charge in [-0.25, -0.2) is 14.0 Å². The molecule has 114 valence electrons. The second kappa shape index (κ2) is 6.34. The molecule has 1 saturated heterocycles. The van der Waals surface area contributed by atoms with E-state index in [2.05, 4.69) is 5.32 Å². The molecule has 0 aromatic heterocycles. The molecule has 7 heteroatoms. The third-order valence-corrected chi connectivity index (χ3v) is 4.39. The van der Waals surface area contributed by atoms with E-state index in [0.717, 1.165) is 18.2 Å². The van der Waals surface area contributed by atoms with Gasteiger partial charge in [0.2, 0.25) is 0 Å². The van der Waals surface area contributed by atoms with Crippen LogP contribution in [-0.4, -0.2) is 45.6 Å². The molecular weight excluding hydrogens is 295 g/mol.